The van der Waals surface area contributed by atoms with E-state index < -0.39 is 0 Å². The molecule has 0 spiro atoms. The molecular formula is C27H28N2O3S. The van der Waals surface area contributed by atoms with Gasteiger partial charge in [-0.2, -0.15) is 0 Å². The molecule has 5 nitrogen and oxygen atoms in total. The fourth-order valence-electron chi connectivity index (χ4n) is 4.60. The summed E-state index contributed by atoms with van der Waals surface area (Å²) in [6, 6.07) is 17.8. The van der Waals surface area contributed by atoms with E-state index >= 15 is 0 Å². The van der Waals surface area contributed by atoms with E-state index in [4.69, 9.17) is 4.74 Å². The molecule has 170 valence electrons. The van der Waals surface area contributed by atoms with Gasteiger partial charge in [-0.25, -0.2) is 0 Å². The van der Waals surface area contributed by atoms with Gasteiger partial charge >= 0.3 is 0 Å². The molecule has 1 fully saturated rings. The van der Waals surface area contributed by atoms with Gasteiger partial charge in [-0.15, -0.1) is 11.3 Å². The molecule has 1 saturated carbocycles. The molecule has 6 heteroatoms. The number of hydrogen-bond donors (Lipinski definition) is 0. The minimum atomic E-state index is -0.110. The Morgan fingerprint density at radius 3 is 2.64 bits per heavy atom. The summed E-state index contributed by atoms with van der Waals surface area (Å²) in [5.41, 5.74) is 4.08. The van der Waals surface area contributed by atoms with E-state index in [2.05, 4.69) is 42.6 Å². The summed E-state index contributed by atoms with van der Waals surface area (Å²) in [5.74, 6) is 0.536. The highest BCUT2D eigenvalue weighted by Gasteiger charge is 2.38. The van der Waals surface area contributed by atoms with E-state index in [9.17, 15) is 9.59 Å². The number of carbonyl (C=O) groups excluding carboxylic acids is 2. The molecule has 33 heavy (non-hydrogen) atoms. The third-order valence-corrected chi connectivity index (χ3v) is 7.55. The van der Waals surface area contributed by atoms with E-state index in [0.29, 0.717) is 17.9 Å². The molecule has 1 aliphatic heterocycles. The zero-order chi connectivity index (χ0) is 22.9. The molecule has 2 aromatic carbocycles. The van der Waals surface area contributed by atoms with Gasteiger partial charge in [-0.1, -0.05) is 35.9 Å². The number of nitrogens with zero attached hydrogens (tertiary/aromatic N) is 2. The van der Waals surface area contributed by atoms with E-state index in [1.165, 1.54) is 16.0 Å². The van der Waals surface area contributed by atoms with Crippen LogP contribution >= 0.6 is 11.3 Å². The number of aryl methyl sites for hydroxylation is 1. The van der Waals surface area contributed by atoms with Gasteiger partial charge in [0.15, 0.2) is 0 Å². The van der Waals surface area contributed by atoms with Gasteiger partial charge in [0.2, 0.25) is 5.91 Å². The Kier molecular flexibility index (Phi) is 5.94. The number of thiophene rings is 1. The van der Waals surface area contributed by atoms with Crippen molar-refractivity contribution in [2.24, 2.45) is 0 Å². The Labute approximate surface area is 198 Å². The minimum Gasteiger partial charge on any atom is -0.497 e. The highest BCUT2D eigenvalue weighted by Crippen LogP contribution is 2.38. The van der Waals surface area contributed by atoms with Gasteiger partial charge in [0.1, 0.15) is 12.3 Å². The summed E-state index contributed by atoms with van der Waals surface area (Å²) in [5, 5.41) is 2.11. The number of amides is 2. The first-order valence-corrected chi connectivity index (χ1v) is 12.3. The first kappa shape index (κ1) is 21.7. The molecule has 2 heterocycles. The lowest BCUT2D eigenvalue weighted by molar-refractivity contribution is -0.134. The molecule has 3 aromatic rings. The zero-order valence-electron chi connectivity index (χ0n) is 19.0. The standard InChI is InChI=1S/C27H28N2O3S/c1-18-6-8-19(9-7-18)26-23-13-15-33-24(23)12-14-28(26)25(30)17-29(21-10-11-21)27(31)20-4-3-5-22(16-20)32-2/h3-9,13,15-16,21,26H,10-12,14,17H2,1-2H3. The Bertz CT molecular complexity index is 1170. The Hall–Kier alpha value is -3.12. The summed E-state index contributed by atoms with van der Waals surface area (Å²) in [6.45, 7) is 2.83. The van der Waals surface area contributed by atoms with Crippen LogP contribution in [0.1, 0.15) is 50.8 Å². The maximum absolute atomic E-state index is 13.7. The van der Waals surface area contributed by atoms with Gasteiger partial charge in [0, 0.05) is 23.0 Å². The van der Waals surface area contributed by atoms with Crippen LogP contribution in [0.3, 0.4) is 0 Å². The Morgan fingerprint density at radius 1 is 1.12 bits per heavy atom. The maximum atomic E-state index is 13.7. The average molecular weight is 461 g/mol. The molecule has 5 rings (SSSR count). The van der Waals surface area contributed by atoms with Crippen LogP contribution in [0.2, 0.25) is 0 Å². The predicted octanol–water partition coefficient (Wildman–Crippen LogP) is 4.84. The third-order valence-electron chi connectivity index (χ3n) is 6.55. The Morgan fingerprint density at radius 2 is 1.91 bits per heavy atom. The van der Waals surface area contributed by atoms with Crippen LogP contribution in [0.4, 0.5) is 0 Å². The van der Waals surface area contributed by atoms with E-state index in [0.717, 1.165) is 24.8 Å². The first-order valence-electron chi connectivity index (χ1n) is 11.4. The highest BCUT2D eigenvalue weighted by molar-refractivity contribution is 7.10. The van der Waals surface area contributed by atoms with Crippen molar-refractivity contribution in [3.63, 3.8) is 0 Å². The van der Waals surface area contributed by atoms with Crippen molar-refractivity contribution in [1.29, 1.82) is 0 Å². The monoisotopic (exact) mass is 460 g/mol. The molecule has 0 N–H and O–H groups in total. The van der Waals surface area contributed by atoms with Gasteiger partial charge < -0.3 is 14.5 Å². The topological polar surface area (TPSA) is 49.9 Å². The lowest BCUT2D eigenvalue weighted by Crippen LogP contribution is -2.47. The zero-order valence-corrected chi connectivity index (χ0v) is 19.8. The van der Waals surface area contributed by atoms with Crippen molar-refractivity contribution in [1.82, 2.24) is 9.80 Å². The lowest BCUT2D eigenvalue weighted by atomic mass is 9.92. The molecule has 0 saturated heterocycles. The fourth-order valence-corrected chi connectivity index (χ4v) is 5.51. The summed E-state index contributed by atoms with van der Waals surface area (Å²) in [7, 11) is 1.59. The van der Waals surface area contributed by atoms with Gasteiger partial charge in [-0.05, 0) is 67.0 Å². The molecule has 1 unspecified atom stereocenters. The van der Waals surface area contributed by atoms with Crippen LogP contribution in [-0.2, 0) is 11.2 Å². The summed E-state index contributed by atoms with van der Waals surface area (Å²) in [6.07, 6.45) is 2.74. The average Bonchev–Trinajstić information content (AvgIpc) is 3.57. The van der Waals surface area contributed by atoms with Crippen molar-refractivity contribution in [3.8, 4) is 5.75 Å². The van der Waals surface area contributed by atoms with Crippen LogP contribution in [-0.4, -0.2) is 47.9 Å². The number of rotatable bonds is 6. The largest absolute Gasteiger partial charge is 0.497 e. The molecule has 1 atom stereocenters. The number of hydrogen-bond acceptors (Lipinski definition) is 4. The van der Waals surface area contributed by atoms with Crippen LogP contribution in [0, 0.1) is 6.92 Å². The first-order chi connectivity index (χ1) is 16.0. The SMILES string of the molecule is COc1cccc(C(=O)N(CC(=O)N2CCc3sccc3C2c2ccc(C)cc2)C2CC2)c1. The summed E-state index contributed by atoms with van der Waals surface area (Å²) in [4.78, 5) is 32.1. The molecule has 0 radical (unpaired) electrons. The van der Waals surface area contributed by atoms with Crippen molar-refractivity contribution >= 4 is 23.2 Å². The van der Waals surface area contributed by atoms with Crippen molar-refractivity contribution in [2.45, 2.75) is 38.3 Å². The normalized spacial score (nSPS) is 17.4. The van der Waals surface area contributed by atoms with Gasteiger partial charge in [-0.3, -0.25) is 9.59 Å². The second kappa shape index (κ2) is 9.02. The lowest BCUT2D eigenvalue weighted by Gasteiger charge is -2.37. The maximum Gasteiger partial charge on any atom is 0.254 e. The van der Waals surface area contributed by atoms with Crippen LogP contribution < -0.4 is 4.74 Å². The molecule has 1 aromatic heterocycles. The quantitative estimate of drug-likeness (QED) is 0.529. The smallest absolute Gasteiger partial charge is 0.254 e. The third kappa shape index (κ3) is 4.40. The number of benzene rings is 2. The second-order valence-corrected chi connectivity index (χ2v) is 9.85. The number of fused-ring (bicyclic) bond motifs is 1. The van der Waals surface area contributed by atoms with E-state index in [1.54, 1.807) is 35.5 Å². The highest BCUT2D eigenvalue weighted by atomic mass is 32.1. The predicted molar refractivity (Wildman–Crippen MR) is 130 cm³/mol. The van der Waals surface area contributed by atoms with Crippen LogP contribution in [0.25, 0.3) is 0 Å². The van der Waals surface area contributed by atoms with Crippen molar-refractivity contribution in [3.05, 3.63) is 87.1 Å². The van der Waals surface area contributed by atoms with E-state index in [1.807, 2.05) is 17.0 Å². The fraction of sp³-hybridized carbons (Fsp3) is 0.333. The van der Waals surface area contributed by atoms with E-state index in [-0.39, 0.29) is 30.4 Å². The summed E-state index contributed by atoms with van der Waals surface area (Å²) < 4.78 is 5.29. The molecule has 0 bridgehead atoms. The molecular weight excluding hydrogens is 432 g/mol. The van der Waals surface area contributed by atoms with Gasteiger partial charge in [0.25, 0.3) is 5.91 Å². The molecule has 2 amide bonds. The number of methoxy groups -OCH3 is 1. The number of ether oxygens (including phenoxy) is 1. The molecule has 2 aliphatic rings. The van der Waals surface area contributed by atoms with Crippen LogP contribution in [0.15, 0.2) is 60.0 Å². The van der Waals surface area contributed by atoms with Crippen LogP contribution in [0.5, 0.6) is 5.75 Å². The number of carbonyl (C=O) groups is 2. The second-order valence-electron chi connectivity index (χ2n) is 8.85. The van der Waals surface area contributed by atoms with Gasteiger partial charge in [0.05, 0.1) is 13.2 Å². The minimum absolute atomic E-state index is 0.000529. The van der Waals surface area contributed by atoms with Crippen molar-refractivity contribution < 1.29 is 14.3 Å². The molecule has 1 aliphatic carbocycles. The Balaban J connectivity index is 1.42. The van der Waals surface area contributed by atoms with Crippen molar-refractivity contribution in [2.75, 3.05) is 20.2 Å². The summed E-state index contributed by atoms with van der Waals surface area (Å²) >= 11 is 1.76.